The largest absolute Gasteiger partial charge is 0.343 e. The van der Waals surface area contributed by atoms with Crippen LogP contribution in [0.4, 0.5) is 0 Å². The van der Waals surface area contributed by atoms with Crippen LogP contribution in [0.2, 0.25) is 0 Å². The van der Waals surface area contributed by atoms with Gasteiger partial charge in [0.1, 0.15) is 5.69 Å². The lowest BCUT2D eigenvalue weighted by molar-refractivity contribution is 0.0822. The van der Waals surface area contributed by atoms with E-state index in [2.05, 4.69) is 10.1 Å². The minimum absolute atomic E-state index is 0.101. The molecule has 17 heavy (non-hydrogen) atoms. The van der Waals surface area contributed by atoms with Crippen LogP contribution in [-0.4, -0.2) is 39.7 Å². The second-order valence-corrected chi connectivity index (χ2v) is 4.01. The fourth-order valence-corrected chi connectivity index (χ4v) is 1.50. The number of rotatable bonds is 2. The third-order valence-electron chi connectivity index (χ3n) is 2.38. The van der Waals surface area contributed by atoms with E-state index in [0.717, 1.165) is 11.3 Å². The van der Waals surface area contributed by atoms with Crippen LogP contribution in [0.5, 0.6) is 0 Å². The topological polar surface area (TPSA) is 51.0 Å². The number of aryl methyl sites for hydroxylation is 1. The second-order valence-electron chi connectivity index (χ2n) is 4.01. The lowest BCUT2D eigenvalue weighted by Crippen LogP contribution is -2.22. The Balaban J connectivity index is 2.38. The molecule has 0 saturated heterocycles. The highest BCUT2D eigenvalue weighted by Gasteiger charge is 2.11. The van der Waals surface area contributed by atoms with Crippen molar-refractivity contribution in [3.63, 3.8) is 0 Å². The van der Waals surface area contributed by atoms with E-state index < -0.39 is 0 Å². The maximum atomic E-state index is 11.8. The van der Waals surface area contributed by atoms with Crippen molar-refractivity contribution in [1.82, 2.24) is 19.7 Å². The van der Waals surface area contributed by atoms with Gasteiger partial charge in [-0.1, -0.05) is 6.07 Å². The Morgan fingerprint density at radius 2 is 2.12 bits per heavy atom. The van der Waals surface area contributed by atoms with Crippen molar-refractivity contribution in [3.8, 4) is 11.3 Å². The van der Waals surface area contributed by atoms with Gasteiger partial charge < -0.3 is 4.90 Å². The first-order valence-electron chi connectivity index (χ1n) is 5.25. The highest BCUT2D eigenvalue weighted by Crippen LogP contribution is 2.16. The smallest absolute Gasteiger partial charge is 0.271 e. The highest BCUT2D eigenvalue weighted by atomic mass is 16.2. The van der Waals surface area contributed by atoms with Crippen LogP contribution in [0.25, 0.3) is 11.3 Å². The minimum Gasteiger partial charge on any atom is -0.343 e. The molecule has 1 amide bonds. The maximum Gasteiger partial charge on any atom is 0.271 e. The van der Waals surface area contributed by atoms with E-state index in [4.69, 9.17) is 0 Å². The summed E-state index contributed by atoms with van der Waals surface area (Å²) in [7, 11) is 5.26. The molecule has 0 fully saturated rings. The van der Waals surface area contributed by atoms with E-state index in [9.17, 15) is 4.79 Å². The number of pyridine rings is 1. The summed E-state index contributed by atoms with van der Waals surface area (Å²) in [6.45, 7) is 0. The Kier molecular flexibility index (Phi) is 2.91. The normalized spacial score (nSPS) is 10.3. The van der Waals surface area contributed by atoms with E-state index in [1.54, 1.807) is 31.0 Å². The Morgan fingerprint density at radius 1 is 1.35 bits per heavy atom. The molecule has 5 nitrogen and oxygen atoms in total. The van der Waals surface area contributed by atoms with Crippen molar-refractivity contribution in [2.24, 2.45) is 7.05 Å². The van der Waals surface area contributed by atoms with Gasteiger partial charge in [0.05, 0.1) is 11.9 Å². The molecule has 0 radical (unpaired) electrons. The molecule has 2 aromatic heterocycles. The Labute approximate surface area is 99.7 Å². The van der Waals surface area contributed by atoms with Crippen molar-refractivity contribution in [1.29, 1.82) is 0 Å². The van der Waals surface area contributed by atoms with Crippen LogP contribution in [-0.2, 0) is 7.05 Å². The van der Waals surface area contributed by atoms with Crippen molar-refractivity contribution in [2.75, 3.05) is 14.1 Å². The van der Waals surface area contributed by atoms with Gasteiger partial charge in [0.2, 0.25) is 0 Å². The molecule has 0 aliphatic rings. The van der Waals surface area contributed by atoms with Gasteiger partial charge in [-0.25, -0.2) is 4.98 Å². The van der Waals surface area contributed by atoms with Crippen LogP contribution in [0.1, 0.15) is 10.5 Å². The zero-order valence-electron chi connectivity index (χ0n) is 10.1. The van der Waals surface area contributed by atoms with Gasteiger partial charge in [-0.15, -0.1) is 0 Å². The predicted octanol–water partition coefficient (Wildman–Crippen LogP) is 1.18. The van der Waals surface area contributed by atoms with Gasteiger partial charge in [-0.3, -0.25) is 9.48 Å². The zero-order valence-corrected chi connectivity index (χ0v) is 10.1. The molecule has 0 aromatic carbocycles. The van der Waals surface area contributed by atoms with E-state index in [0.29, 0.717) is 5.69 Å². The quantitative estimate of drug-likeness (QED) is 0.778. The third-order valence-corrected chi connectivity index (χ3v) is 2.38. The van der Waals surface area contributed by atoms with Crippen molar-refractivity contribution in [3.05, 3.63) is 36.3 Å². The molecule has 2 heterocycles. The average molecular weight is 230 g/mol. The molecule has 0 aliphatic carbocycles. The first-order valence-corrected chi connectivity index (χ1v) is 5.25. The molecule has 0 spiro atoms. The fraction of sp³-hybridized carbons (Fsp3) is 0.250. The third kappa shape index (κ3) is 2.33. The standard InChI is InChI=1S/C12H14N4O/c1-15(2)12(17)11-6-4-5-10(14-11)9-7-13-16(3)8-9/h4-8H,1-3H3. The van der Waals surface area contributed by atoms with Crippen LogP contribution in [0, 0.1) is 0 Å². The average Bonchev–Trinajstić information content (AvgIpc) is 2.75. The lowest BCUT2D eigenvalue weighted by Gasteiger charge is -2.09. The Hall–Kier alpha value is -2.17. The SMILES string of the molecule is CN(C)C(=O)c1cccc(-c2cnn(C)c2)n1. The van der Waals surface area contributed by atoms with Crippen LogP contribution in [0.3, 0.4) is 0 Å². The van der Waals surface area contributed by atoms with E-state index in [1.165, 1.54) is 4.90 Å². The van der Waals surface area contributed by atoms with E-state index in [-0.39, 0.29) is 5.91 Å². The van der Waals surface area contributed by atoms with Gasteiger partial charge in [0.25, 0.3) is 5.91 Å². The Bertz CT molecular complexity index is 545. The molecular formula is C12H14N4O. The van der Waals surface area contributed by atoms with Gasteiger partial charge in [-0.2, -0.15) is 5.10 Å². The maximum absolute atomic E-state index is 11.8. The molecular weight excluding hydrogens is 216 g/mol. The minimum atomic E-state index is -0.101. The number of amides is 1. The van der Waals surface area contributed by atoms with Crippen LogP contribution in [0.15, 0.2) is 30.6 Å². The molecule has 0 unspecified atom stereocenters. The number of hydrogen-bond acceptors (Lipinski definition) is 3. The summed E-state index contributed by atoms with van der Waals surface area (Å²) in [6, 6.07) is 5.40. The van der Waals surface area contributed by atoms with Gasteiger partial charge in [-0.05, 0) is 12.1 Å². The molecule has 0 bridgehead atoms. The zero-order chi connectivity index (χ0) is 12.4. The molecule has 88 valence electrons. The van der Waals surface area contributed by atoms with Crippen molar-refractivity contribution >= 4 is 5.91 Å². The van der Waals surface area contributed by atoms with E-state index in [1.807, 2.05) is 25.4 Å². The molecule has 0 N–H and O–H groups in total. The number of carbonyl (C=O) groups is 1. The lowest BCUT2D eigenvalue weighted by atomic mass is 10.2. The summed E-state index contributed by atoms with van der Waals surface area (Å²) in [6.07, 6.45) is 3.60. The summed E-state index contributed by atoms with van der Waals surface area (Å²) in [5.74, 6) is -0.101. The molecule has 0 saturated carbocycles. The van der Waals surface area contributed by atoms with Gasteiger partial charge in [0.15, 0.2) is 0 Å². The molecule has 0 aliphatic heterocycles. The molecule has 0 atom stereocenters. The molecule has 5 heteroatoms. The summed E-state index contributed by atoms with van der Waals surface area (Å²) in [5.41, 5.74) is 2.10. The predicted molar refractivity (Wildman–Crippen MR) is 64.5 cm³/mol. The van der Waals surface area contributed by atoms with E-state index >= 15 is 0 Å². The van der Waals surface area contributed by atoms with Crippen molar-refractivity contribution < 1.29 is 4.79 Å². The van der Waals surface area contributed by atoms with Crippen molar-refractivity contribution in [2.45, 2.75) is 0 Å². The van der Waals surface area contributed by atoms with Crippen LogP contribution >= 0.6 is 0 Å². The second kappa shape index (κ2) is 4.37. The van der Waals surface area contributed by atoms with Crippen LogP contribution < -0.4 is 0 Å². The molecule has 2 aromatic rings. The summed E-state index contributed by atoms with van der Waals surface area (Å²) >= 11 is 0. The monoisotopic (exact) mass is 230 g/mol. The fourth-order valence-electron chi connectivity index (χ4n) is 1.50. The first-order chi connectivity index (χ1) is 8.08. The number of nitrogens with zero attached hydrogens (tertiary/aromatic N) is 4. The summed E-state index contributed by atoms with van der Waals surface area (Å²) in [4.78, 5) is 17.6. The first kappa shape index (κ1) is 11.3. The number of hydrogen-bond donors (Lipinski definition) is 0. The van der Waals surface area contributed by atoms with Gasteiger partial charge >= 0.3 is 0 Å². The van der Waals surface area contributed by atoms with Gasteiger partial charge in [0, 0.05) is 32.9 Å². The summed E-state index contributed by atoms with van der Waals surface area (Å²) < 4.78 is 1.71. The number of aromatic nitrogens is 3. The number of carbonyl (C=O) groups excluding carboxylic acids is 1. The Morgan fingerprint density at radius 3 is 2.71 bits per heavy atom. The highest BCUT2D eigenvalue weighted by molar-refractivity contribution is 5.92. The summed E-state index contributed by atoms with van der Waals surface area (Å²) in [5, 5.41) is 4.08. The molecule has 2 rings (SSSR count).